The van der Waals surface area contributed by atoms with Crippen molar-refractivity contribution < 1.29 is 9.72 Å². The predicted molar refractivity (Wildman–Crippen MR) is 80.5 cm³/mol. The molecule has 0 aromatic heterocycles. The minimum absolute atomic E-state index is 0.000969. The minimum Gasteiger partial charge on any atom is -0.293 e. The number of rotatable bonds is 4. The Morgan fingerprint density at radius 3 is 2.48 bits per heavy atom. The van der Waals surface area contributed by atoms with E-state index in [1.54, 1.807) is 32.9 Å². The lowest BCUT2D eigenvalue weighted by atomic mass is 9.86. The van der Waals surface area contributed by atoms with E-state index in [4.69, 9.17) is 5.26 Å². The maximum absolute atomic E-state index is 12.1. The number of nitro groups is 1. The average Bonchev–Trinajstić information content (AvgIpc) is 2.42. The molecular formula is C16H18N2O3. The fourth-order valence-electron chi connectivity index (χ4n) is 1.86. The van der Waals surface area contributed by atoms with E-state index in [9.17, 15) is 14.9 Å². The molecule has 0 bridgehead atoms. The zero-order valence-electron chi connectivity index (χ0n) is 12.6. The number of ketones is 1. The third-order valence-corrected chi connectivity index (χ3v) is 3.04. The quantitative estimate of drug-likeness (QED) is 0.366. The molecule has 0 aliphatic rings. The second kappa shape index (κ2) is 6.31. The smallest absolute Gasteiger partial charge is 0.273 e. The molecule has 5 nitrogen and oxygen atoms in total. The summed E-state index contributed by atoms with van der Waals surface area (Å²) in [6.07, 6.45) is 1.95. The standard InChI is InChI=1S/C16H18N2O3/c1-5-12-7-6-11(9-14(12)18(20)21)8-13(10-17)15(19)16(2,3)4/h6-9H,5H2,1-4H3/b13-8+. The van der Waals surface area contributed by atoms with Crippen LogP contribution in [-0.2, 0) is 11.2 Å². The van der Waals surface area contributed by atoms with Gasteiger partial charge in [-0.3, -0.25) is 14.9 Å². The zero-order valence-corrected chi connectivity index (χ0v) is 12.6. The van der Waals surface area contributed by atoms with Crippen molar-refractivity contribution in [3.63, 3.8) is 0 Å². The zero-order chi connectivity index (χ0) is 16.2. The largest absolute Gasteiger partial charge is 0.293 e. The monoisotopic (exact) mass is 286 g/mol. The van der Waals surface area contributed by atoms with Crippen molar-refractivity contribution in [1.29, 1.82) is 5.26 Å². The Kier molecular flexibility index (Phi) is 4.98. The Morgan fingerprint density at radius 1 is 1.43 bits per heavy atom. The van der Waals surface area contributed by atoms with Crippen LogP contribution in [0.3, 0.4) is 0 Å². The second-order valence-corrected chi connectivity index (χ2v) is 5.75. The number of Topliss-reactive ketones (excluding diaryl/α,β-unsaturated/α-hetero) is 1. The van der Waals surface area contributed by atoms with E-state index in [2.05, 4.69) is 0 Å². The number of carbonyl (C=O) groups excluding carboxylic acids is 1. The third-order valence-electron chi connectivity index (χ3n) is 3.04. The van der Waals surface area contributed by atoms with Gasteiger partial charge in [0.25, 0.3) is 5.69 Å². The number of allylic oxidation sites excluding steroid dienone is 1. The molecule has 0 amide bonds. The van der Waals surface area contributed by atoms with E-state index in [1.807, 2.05) is 13.0 Å². The van der Waals surface area contributed by atoms with Crippen molar-refractivity contribution >= 4 is 17.5 Å². The lowest BCUT2D eigenvalue weighted by Gasteiger charge is -2.15. The topological polar surface area (TPSA) is 84.0 Å². The summed E-state index contributed by atoms with van der Waals surface area (Å²) in [6, 6.07) is 6.60. The van der Waals surface area contributed by atoms with Crippen molar-refractivity contribution in [2.24, 2.45) is 5.41 Å². The highest BCUT2D eigenvalue weighted by molar-refractivity contribution is 6.06. The highest BCUT2D eigenvalue weighted by Gasteiger charge is 2.25. The van der Waals surface area contributed by atoms with Crippen LogP contribution in [0, 0.1) is 26.9 Å². The maximum Gasteiger partial charge on any atom is 0.273 e. The Bertz CT molecular complexity index is 646. The van der Waals surface area contributed by atoms with Crippen LogP contribution in [0.5, 0.6) is 0 Å². The fraction of sp³-hybridized carbons (Fsp3) is 0.375. The summed E-state index contributed by atoms with van der Waals surface area (Å²) in [5.41, 5.74) is 0.440. The second-order valence-electron chi connectivity index (χ2n) is 5.75. The molecule has 0 N–H and O–H groups in total. The molecule has 110 valence electrons. The number of nitrogens with zero attached hydrogens (tertiary/aromatic N) is 2. The molecule has 5 heteroatoms. The van der Waals surface area contributed by atoms with Gasteiger partial charge in [-0.15, -0.1) is 0 Å². The molecule has 0 atom stereocenters. The van der Waals surface area contributed by atoms with Crippen molar-refractivity contribution in [2.45, 2.75) is 34.1 Å². The molecule has 0 saturated carbocycles. The van der Waals surface area contributed by atoms with Gasteiger partial charge in [0.15, 0.2) is 5.78 Å². The van der Waals surface area contributed by atoms with Crippen LogP contribution in [0.2, 0.25) is 0 Å². The van der Waals surface area contributed by atoms with Crippen LogP contribution in [0.1, 0.15) is 38.8 Å². The SMILES string of the molecule is CCc1ccc(/C=C(\C#N)C(=O)C(C)(C)C)cc1[N+](=O)[O-]. The first-order chi connectivity index (χ1) is 9.70. The van der Waals surface area contributed by atoms with Crippen LogP contribution >= 0.6 is 0 Å². The normalized spacial score (nSPS) is 11.9. The van der Waals surface area contributed by atoms with Crippen LogP contribution in [0.15, 0.2) is 23.8 Å². The summed E-state index contributed by atoms with van der Waals surface area (Å²) >= 11 is 0. The van der Waals surface area contributed by atoms with Crippen LogP contribution in [0.4, 0.5) is 5.69 Å². The molecule has 1 aromatic rings. The number of benzene rings is 1. The number of nitro benzene ring substituents is 1. The van der Waals surface area contributed by atoms with Gasteiger partial charge in [0.2, 0.25) is 0 Å². The third kappa shape index (κ3) is 3.99. The number of hydrogen-bond acceptors (Lipinski definition) is 4. The van der Waals surface area contributed by atoms with Crippen molar-refractivity contribution in [2.75, 3.05) is 0 Å². The molecule has 0 spiro atoms. The predicted octanol–water partition coefficient (Wildman–Crippen LogP) is 3.68. The number of aryl methyl sites for hydroxylation is 1. The van der Waals surface area contributed by atoms with Gasteiger partial charge in [-0.25, -0.2) is 0 Å². The summed E-state index contributed by atoms with van der Waals surface area (Å²) in [5, 5.41) is 20.2. The average molecular weight is 286 g/mol. The molecule has 1 aromatic carbocycles. The van der Waals surface area contributed by atoms with E-state index in [-0.39, 0.29) is 17.0 Å². The molecular weight excluding hydrogens is 268 g/mol. The van der Waals surface area contributed by atoms with Gasteiger partial charge in [0.1, 0.15) is 6.07 Å². The van der Waals surface area contributed by atoms with E-state index in [1.165, 1.54) is 12.1 Å². The van der Waals surface area contributed by atoms with Gasteiger partial charge in [0, 0.05) is 17.0 Å². The first kappa shape index (κ1) is 16.6. The van der Waals surface area contributed by atoms with Gasteiger partial charge in [0.05, 0.1) is 10.5 Å². The van der Waals surface area contributed by atoms with Crippen LogP contribution in [0.25, 0.3) is 6.08 Å². The molecule has 1 rings (SSSR count). The Balaban J connectivity index is 3.31. The molecule has 21 heavy (non-hydrogen) atoms. The highest BCUT2D eigenvalue weighted by Crippen LogP contribution is 2.25. The lowest BCUT2D eigenvalue weighted by molar-refractivity contribution is -0.385. The number of nitriles is 1. The Hall–Kier alpha value is -2.48. The highest BCUT2D eigenvalue weighted by atomic mass is 16.6. The molecule has 0 aliphatic carbocycles. The van der Waals surface area contributed by atoms with Gasteiger partial charge >= 0.3 is 0 Å². The summed E-state index contributed by atoms with van der Waals surface area (Å²) < 4.78 is 0. The van der Waals surface area contributed by atoms with E-state index in [0.29, 0.717) is 17.5 Å². The van der Waals surface area contributed by atoms with Crippen LogP contribution < -0.4 is 0 Å². The van der Waals surface area contributed by atoms with Gasteiger partial charge < -0.3 is 0 Å². The molecule has 0 heterocycles. The summed E-state index contributed by atoms with van der Waals surface area (Å²) in [7, 11) is 0. The van der Waals surface area contributed by atoms with Crippen molar-refractivity contribution in [3.8, 4) is 6.07 Å². The van der Waals surface area contributed by atoms with Gasteiger partial charge in [-0.2, -0.15) is 5.26 Å². The van der Waals surface area contributed by atoms with E-state index >= 15 is 0 Å². The lowest BCUT2D eigenvalue weighted by Crippen LogP contribution is -2.21. The minimum atomic E-state index is -0.670. The van der Waals surface area contributed by atoms with Crippen molar-refractivity contribution in [3.05, 3.63) is 45.0 Å². The fourth-order valence-corrected chi connectivity index (χ4v) is 1.86. The Labute approximate surface area is 124 Å². The number of hydrogen-bond donors (Lipinski definition) is 0. The Morgan fingerprint density at radius 2 is 2.05 bits per heavy atom. The first-order valence-electron chi connectivity index (χ1n) is 6.64. The summed E-state index contributed by atoms with van der Waals surface area (Å²) in [6.45, 7) is 7.01. The molecule has 0 unspecified atom stereocenters. The summed E-state index contributed by atoms with van der Waals surface area (Å²) in [5.74, 6) is -0.285. The summed E-state index contributed by atoms with van der Waals surface area (Å²) in [4.78, 5) is 22.7. The van der Waals surface area contributed by atoms with Gasteiger partial charge in [-0.1, -0.05) is 39.8 Å². The molecule has 0 radical (unpaired) electrons. The number of carbonyl (C=O) groups is 1. The van der Waals surface area contributed by atoms with E-state index < -0.39 is 10.3 Å². The van der Waals surface area contributed by atoms with Crippen molar-refractivity contribution in [1.82, 2.24) is 0 Å². The first-order valence-corrected chi connectivity index (χ1v) is 6.64. The van der Waals surface area contributed by atoms with E-state index in [0.717, 1.165) is 0 Å². The molecule has 0 aliphatic heterocycles. The van der Waals surface area contributed by atoms with Crippen LogP contribution in [-0.4, -0.2) is 10.7 Å². The molecule has 0 saturated heterocycles. The maximum atomic E-state index is 12.1. The van der Waals surface area contributed by atoms with Gasteiger partial charge in [-0.05, 0) is 18.1 Å². The molecule has 0 fully saturated rings.